The van der Waals surface area contributed by atoms with E-state index in [1.54, 1.807) is 0 Å². The zero-order chi connectivity index (χ0) is 8.97. The zero-order valence-electron chi connectivity index (χ0n) is 6.61. The molecule has 0 saturated carbocycles. The van der Waals surface area contributed by atoms with Crippen LogP contribution >= 0.6 is 22.6 Å². The lowest BCUT2D eigenvalue weighted by Gasteiger charge is -2.03. The molecule has 0 aromatic heterocycles. The van der Waals surface area contributed by atoms with E-state index >= 15 is 0 Å². The number of hydrogen-bond donors (Lipinski definition) is 0. The van der Waals surface area contributed by atoms with Crippen LogP contribution < -0.4 is 0 Å². The van der Waals surface area contributed by atoms with E-state index in [9.17, 15) is 0 Å². The number of rotatable bonds is 2. The summed E-state index contributed by atoms with van der Waals surface area (Å²) >= 11 is 2.24. The van der Waals surface area contributed by atoms with E-state index in [1.165, 1.54) is 3.57 Å². The van der Waals surface area contributed by atoms with E-state index in [1.807, 2.05) is 31.2 Å². The van der Waals surface area contributed by atoms with Crippen molar-refractivity contribution >= 4 is 22.6 Å². The molecule has 4 heteroatoms. The highest BCUT2D eigenvalue weighted by Crippen LogP contribution is 2.17. The molecule has 0 aliphatic heterocycles. The van der Waals surface area contributed by atoms with Crippen LogP contribution in [0.25, 0.3) is 10.4 Å². The van der Waals surface area contributed by atoms with Gasteiger partial charge >= 0.3 is 0 Å². The molecular formula is C8H8IN3. The van der Waals surface area contributed by atoms with Crippen LogP contribution in [-0.4, -0.2) is 0 Å². The van der Waals surface area contributed by atoms with Crippen LogP contribution in [-0.2, 0) is 0 Å². The highest BCUT2D eigenvalue weighted by molar-refractivity contribution is 14.1. The number of halogens is 1. The molecule has 0 bridgehead atoms. The first-order valence-corrected chi connectivity index (χ1v) is 4.61. The summed E-state index contributed by atoms with van der Waals surface area (Å²) in [4.78, 5) is 2.76. The van der Waals surface area contributed by atoms with Gasteiger partial charge in [-0.3, -0.25) is 0 Å². The quantitative estimate of drug-likeness (QED) is 0.342. The Morgan fingerprint density at radius 3 is 2.50 bits per heavy atom. The minimum Gasteiger partial charge on any atom is -0.0862 e. The minimum absolute atomic E-state index is 0.0769. The smallest absolute Gasteiger partial charge is 0.0597 e. The van der Waals surface area contributed by atoms with Gasteiger partial charge in [0.1, 0.15) is 0 Å². The molecule has 12 heavy (non-hydrogen) atoms. The Balaban J connectivity index is 2.89. The maximum atomic E-state index is 8.21. The summed E-state index contributed by atoms with van der Waals surface area (Å²) in [6.45, 7) is 1.88. The Morgan fingerprint density at radius 1 is 1.42 bits per heavy atom. The van der Waals surface area contributed by atoms with E-state index in [-0.39, 0.29) is 6.04 Å². The van der Waals surface area contributed by atoms with E-state index in [0.717, 1.165) is 5.56 Å². The summed E-state index contributed by atoms with van der Waals surface area (Å²) in [7, 11) is 0. The SMILES string of the molecule is C[C@@H](N=[N+]=[N-])c1ccc(I)cc1. The van der Waals surface area contributed by atoms with Gasteiger partial charge in [-0.25, -0.2) is 0 Å². The molecule has 0 fully saturated rings. The standard InChI is InChI=1S/C8H8IN3/c1-6(11-12-10)7-2-4-8(9)5-3-7/h2-6H,1H3/t6-/m1/s1. The molecule has 0 radical (unpaired) electrons. The molecule has 62 valence electrons. The molecule has 0 amide bonds. The Hall–Kier alpha value is -0.740. The van der Waals surface area contributed by atoms with Gasteiger partial charge in [-0.1, -0.05) is 24.2 Å². The molecule has 0 heterocycles. The summed E-state index contributed by atoms with van der Waals surface area (Å²) in [5, 5.41) is 3.60. The predicted octanol–water partition coefficient (Wildman–Crippen LogP) is 3.66. The van der Waals surface area contributed by atoms with Crippen LogP contribution in [0.4, 0.5) is 0 Å². The minimum atomic E-state index is -0.0769. The van der Waals surface area contributed by atoms with Gasteiger partial charge in [-0.2, -0.15) is 0 Å². The van der Waals surface area contributed by atoms with Crippen LogP contribution in [0.5, 0.6) is 0 Å². The molecule has 0 spiro atoms. The zero-order valence-corrected chi connectivity index (χ0v) is 8.76. The Bertz CT molecular complexity index is 301. The monoisotopic (exact) mass is 273 g/mol. The van der Waals surface area contributed by atoms with Crippen LogP contribution in [0.2, 0.25) is 0 Å². The lowest BCUT2D eigenvalue weighted by atomic mass is 10.1. The van der Waals surface area contributed by atoms with Crippen molar-refractivity contribution in [1.82, 2.24) is 0 Å². The van der Waals surface area contributed by atoms with Gasteiger partial charge < -0.3 is 0 Å². The lowest BCUT2D eigenvalue weighted by molar-refractivity contribution is 0.807. The van der Waals surface area contributed by atoms with Gasteiger partial charge in [-0.05, 0) is 45.8 Å². The first-order chi connectivity index (χ1) is 5.74. The van der Waals surface area contributed by atoms with Gasteiger partial charge in [0, 0.05) is 8.48 Å². The van der Waals surface area contributed by atoms with Crippen molar-refractivity contribution in [3.8, 4) is 0 Å². The molecular weight excluding hydrogens is 265 g/mol. The molecule has 1 rings (SSSR count). The van der Waals surface area contributed by atoms with Crippen LogP contribution in [0.1, 0.15) is 18.5 Å². The normalized spacial score (nSPS) is 11.8. The van der Waals surface area contributed by atoms with E-state index in [2.05, 4.69) is 32.6 Å². The number of benzene rings is 1. The fourth-order valence-electron chi connectivity index (χ4n) is 0.885. The van der Waals surface area contributed by atoms with Crippen LogP contribution in [0.15, 0.2) is 29.4 Å². The second-order valence-electron chi connectivity index (χ2n) is 2.43. The summed E-state index contributed by atoms with van der Waals surface area (Å²) in [6, 6.07) is 7.87. The molecule has 1 atom stereocenters. The number of nitrogens with zero attached hydrogens (tertiary/aromatic N) is 3. The highest BCUT2D eigenvalue weighted by atomic mass is 127. The molecule has 0 saturated heterocycles. The van der Waals surface area contributed by atoms with Crippen LogP contribution in [0, 0.1) is 3.57 Å². The van der Waals surface area contributed by atoms with Gasteiger partial charge in [0.15, 0.2) is 0 Å². The fraction of sp³-hybridized carbons (Fsp3) is 0.250. The van der Waals surface area contributed by atoms with E-state index < -0.39 is 0 Å². The summed E-state index contributed by atoms with van der Waals surface area (Å²) in [5.74, 6) is 0. The maximum Gasteiger partial charge on any atom is 0.0597 e. The topological polar surface area (TPSA) is 48.8 Å². The molecule has 1 aromatic carbocycles. The third-order valence-electron chi connectivity index (χ3n) is 1.58. The van der Waals surface area contributed by atoms with Crippen molar-refractivity contribution < 1.29 is 0 Å². The second-order valence-corrected chi connectivity index (χ2v) is 3.68. The summed E-state index contributed by atoms with van der Waals surface area (Å²) < 4.78 is 1.18. The van der Waals surface area contributed by atoms with Crippen molar-refractivity contribution in [3.63, 3.8) is 0 Å². The summed E-state index contributed by atoms with van der Waals surface area (Å²) in [5.41, 5.74) is 9.26. The molecule has 0 unspecified atom stereocenters. The molecule has 3 nitrogen and oxygen atoms in total. The Labute approximate surface area is 84.6 Å². The van der Waals surface area contributed by atoms with Crippen molar-refractivity contribution in [2.75, 3.05) is 0 Å². The second kappa shape index (κ2) is 4.33. The lowest BCUT2D eigenvalue weighted by Crippen LogP contribution is -1.87. The van der Waals surface area contributed by atoms with Gasteiger partial charge in [0.2, 0.25) is 0 Å². The summed E-state index contributed by atoms with van der Waals surface area (Å²) in [6.07, 6.45) is 0. The maximum absolute atomic E-state index is 8.21. The van der Waals surface area contributed by atoms with Crippen LogP contribution in [0.3, 0.4) is 0 Å². The molecule has 0 aliphatic rings. The van der Waals surface area contributed by atoms with Crippen molar-refractivity contribution in [3.05, 3.63) is 43.8 Å². The number of azide groups is 1. The Kier molecular flexibility index (Phi) is 3.37. The molecule has 0 aliphatic carbocycles. The number of hydrogen-bond acceptors (Lipinski definition) is 1. The fourth-order valence-corrected chi connectivity index (χ4v) is 1.25. The predicted molar refractivity (Wildman–Crippen MR) is 56.7 cm³/mol. The van der Waals surface area contributed by atoms with Crippen molar-refractivity contribution in [2.24, 2.45) is 5.11 Å². The van der Waals surface area contributed by atoms with Gasteiger partial charge in [-0.15, -0.1) is 0 Å². The average Bonchev–Trinajstić information content (AvgIpc) is 2.06. The largest absolute Gasteiger partial charge is 0.0862 e. The molecule has 1 aromatic rings. The third-order valence-corrected chi connectivity index (χ3v) is 2.30. The van der Waals surface area contributed by atoms with Crippen molar-refractivity contribution in [1.29, 1.82) is 0 Å². The molecule has 0 N–H and O–H groups in total. The van der Waals surface area contributed by atoms with Gasteiger partial charge in [0.25, 0.3) is 0 Å². The Morgan fingerprint density at radius 2 is 2.00 bits per heavy atom. The average molecular weight is 273 g/mol. The van der Waals surface area contributed by atoms with Crippen molar-refractivity contribution in [2.45, 2.75) is 13.0 Å². The van der Waals surface area contributed by atoms with Gasteiger partial charge in [0.05, 0.1) is 6.04 Å². The highest BCUT2D eigenvalue weighted by Gasteiger charge is 2.00. The first-order valence-electron chi connectivity index (χ1n) is 3.53. The van der Waals surface area contributed by atoms with E-state index in [0.29, 0.717) is 0 Å². The third kappa shape index (κ3) is 2.39. The van der Waals surface area contributed by atoms with E-state index in [4.69, 9.17) is 5.53 Å². The first kappa shape index (κ1) is 9.35.